The number of carbonyl (C=O) groups excluding carboxylic acids is 2. The Morgan fingerprint density at radius 1 is 1.12 bits per heavy atom. The van der Waals surface area contributed by atoms with Crippen LogP contribution in [0.2, 0.25) is 0 Å². The first-order valence-electron chi connectivity index (χ1n) is 8.51. The molecule has 2 aromatic rings. The van der Waals surface area contributed by atoms with E-state index in [0.717, 1.165) is 0 Å². The molecular weight excluding hydrogens is 334 g/mol. The van der Waals surface area contributed by atoms with E-state index in [1.807, 2.05) is 18.2 Å². The zero-order valence-electron chi connectivity index (χ0n) is 14.2. The van der Waals surface area contributed by atoms with Crippen LogP contribution in [0.25, 0.3) is 0 Å². The normalized spacial score (nSPS) is 16.5. The van der Waals surface area contributed by atoms with E-state index < -0.39 is 0 Å². The molecule has 1 saturated heterocycles. The van der Waals surface area contributed by atoms with E-state index in [1.165, 1.54) is 0 Å². The van der Waals surface area contributed by atoms with Gasteiger partial charge in [-0.15, -0.1) is 10.2 Å². The highest BCUT2D eigenvalue weighted by molar-refractivity contribution is 5.83. The minimum atomic E-state index is -0.149. The lowest BCUT2D eigenvalue weighted by Gasteiger charge is -2.21. The number of rotatable bonds is 7. The summed E-state index contributed by atoms with van der Waals surface area (Å²) in [5, 5.41) is 19.9. The maximum Gasteiger partial charge on any atom is 0.224 e. The summed E-state index contributed by atoms with van der Waals surface area (Å²) in [4.78, 5) is 27.3. The third-order valence-electron chi connectivity index (χ3n) is 3.95. The summed E-state index contributed by atoms with van der Waals surface area (Å²) in [5.74, 6) is 1.74. The predicted octanol–water partition coefficient (Wildman–Crippen LogP) is 0.669. The van der Waals surface area contributed by atoms with E-state index in [9.17, 15) is 9.59 Å². The Morgan fingerprint density at radius 2 is 1.96 bits per heavy atom. The Kier molecular flexibility index (Phi) is 5.92. The smallest absolute Gasteiger partial charge is 0.224 e. The average Bonchev–Trinajstić information content (AvgIpc) is 2.68. The van der Waals surface area contributed by atoms with Crippen molar-refractivity contribution in [1.29, 1.82) is 0 Å². The lowest BCUT2D eigenvalue weighted by molar-refractivity contribution is -0.128. The highest BCUT2D eigenvalue weighted by atomic mass is 16.2. The minimum absolute atomic E-state index is 0.00951. The number of pyridine rings is 1. The third-order valence-corrected chi connectivity index (χ3v) is 3.95. The van der Waals surface area contributed by atoms with Gasteiger partial charge in [0.1, 0.15) is 11.6 Å². The van der Waals surface area contributed by atoms with Gasteiger partial charge in [0.2, 0.25) is 11.8 Å². The summed E-state index contributed by atoms with van der Waals surface area (Å²) in [6, 6.07) is 9.17. The van der Waals surface area contributed by atoms with Crippen LogP contribution in [0.3, 0.4) is 0 Å². The Hall–Kier alpha value is -3.23. The Balaban J connectivity index is 1.37. The number of anilines is 3. The Bertz CT molecular complexity index is 727. The van der Waals surface area contributed by atoms with Gasteiger partial charge >= 0.3 is 0 Å². The Labute approximate surface area is 151 Å². The van der Waals surface area contributed by atoms with Crippen LogP contribution < -0.4 is 21.3 Å². The monoisotopic (exact) mass is 355 g/mol. The van der Waals surface area contributed by atoms with Crippen LogP contribution in [-0.2, 0) is 9.59 Å². The molecule has 9 nitrogen and oxygen atoms in total. The van der Waals surface area contributed by atoms with Gasteiger partial charge in [-0.25, -0.2) is 4.98 Å². The van der Waals surface area contributed by atoms with Crippen molar-refractivity contribution < 1.29 is 9.59 Å². The molecule has 3 rings (SSSR count). The molecule has 26 heavy (non-hydrogen) atoms. The molecule has 136 valence electrons. The van der Waals surface area contributed by atoms with Gasteiger partial charge in [-0.2, -0.15) is 0 Å². The van der Waals surface area contributed by atoms with E-state index in [-0.39, 0.29) is 17.7 Å². The molecular formula is C17H21N7O2. The predicted molar refractivity (Wildman–Crippen MR) is 96.8 cm³/mol. The van der Waals surface area contributed by atoms with Crippen molar-refractivity contribution in [1.82, 2.24) is 25.8 Å². The molecule has 0 unspecified atom stereocenters. The minimum Gasteiger partial charge on any atom is -0.367 e. The molecule has 0 saturated carbocycles. The fourth-order valence-corrected chi connectivity index (χ4v) is 2.54. The summed E-state index contributed by atoms with van der Waals surface area (Å²) >= 11 is 0. The van der Waals surface area contributed by atoms with Gasteiger partial charge in [0.15, 0.2) is 5.82 Å². The fraction of sp³-hybridized carbons (Fsp3) is 0.353. The second kappa shape index (κ2) is 8.75. The summed E-state index contributed by atoms with van der Waals surface area (Å²) in [5.41, 5.74) is 0. The van der Waals surface area contributed by atoms with Gasteiger partial charge in [-0.3, -0.25) is 9.59 Å². The van der Waals surface area contributed by atoms with E-state index in [0.29, 0.717) is 49.9 Å². The van der Waals surface area contributed by atoms with Crippen molar-refractivity contribution in [3.8, 4) is 0 Å². The topological polar surface area (TPSA) is 121 Å². The van der Waals surface area contributed by atoms with E-state index in [2.05, 4.69) is 36.4 Å². The van der Waals surface area contributed by atoms with Crippen LogP contribution >= 0.6 is 0 Å². The van der Waals surface area contributed by atoms with Crippen molar-refractivity contribution in [2.24, 2.45) is 5.92 Å². The highest BCUT2D eigenvalue weighted by Gasteiger charge is 2.23. The SMILES string of the molecule is O=C1CC[C@H](C(=O)NCCNc2ccc(Nc3ccccn3)nn2)CN1. The molecule has 3 heterocycles. The zero-order valence-corrected chi connectivity index (χ0v) is 14.2. The molecule has 2 amide bonds. The fourth-order valence-electron chi connectivity index (χ4n) is 2.54. The first-order valence-corrected chi connectivity index (χ1v) is 8.51. The molecule has 1 fully saturated rings. The van der Waals surface area contributed by atoms with Crippen LogP contribution in [0.15, 0.2) is 36.5 Å². The number of hydrogen-bond acceptors (Lipinski definition) is 7. The van der Waals surface area contributed by atoms with E-state index >= 15 is 0 Å². The second-order valence-electron chi connectivity index (χ2n) is 5.90. The summed E-state index contributed by atoms with van der Waals surface area (Å²) in [6.45, 7) is 1.42. The second-order valence-corrected chi connectivity index (χ2v) is 5.90. The summed E-state index contributed by atoms with van der Waals surface area (Å²) in [6.07, 6.45) is 2.70. The number of carbonyl (C=O) groups is 2. The van der Waals surface area contributed by atoms with Crippen molar-refractivity contribution in [3.63, 3.8) is 0 Å². The summed E-state index contributed by atoms with van der Waals surface area (Å²) < 4.78 is 0. The van der Waals surface area contributed by atoms with Crippen LogP contribution in [0.1, 0.15) is 12.8 Å². The first-order chi connectivity index (χ1) is 12.7. The van der Waals surface area contributed by atoms with Gasteiger partial charge in [0, 0.05) is 32.3 Å². The molecule has 9 heteroatoms. The van der Waals surface area contributed by atoms with Crippen LogP contribution in [0.4, 0.5) is 17.5 Å². The van der Waals surface area contributed by atoms with Crippen LogP contribution in [0.5, 0.6) is 0 Å². The van der Waals surface area contributed by atoms with Gasteiger partial charge in [-0.05, 0) is 30.7 Å². The van der Waals surface area contributed by atoms with Crippen molar-refractivity contribution in [2.45, 2.75) is 12.8 Å². The van der Waals surface area contributed by atoms with Gasteiger partial charge in [0.25, 0.3) is 0 Å². The maximum absolute atomic E-state index is 12.0. The molecule has 0 aromatic carbocycles. The van der Waals surface area contributed by atoms with E-state index in [1.54, 1.807) is 18.3 Å². The number of amides is 2. The lowest BCUT2D eigenvalue weighted by atomic mass is 9.98. The molecule has 0 radical (unpaired) electrons. The first kappa shape index (κ1) is 17.6. The van der Waals surface area contributed by atoms with Crippen LogP contribution in [-0.4, -0.2) is 46.6 Å². The van der Waals surface area contributed by atoms with Gasteiger partial charge in [-0.1, -0.05) is 6.07 Å². The quantitative estimate of drug-likeness (QED) is 0.539. The average molecular weight is 355 g/mol. The van der Waals surface area contributed by atoms with Gasteiger partial charge in [0.05, 0.1) is 5.92 Å². The number of piperidine rings is 1. The molecule has 0 spiro atoms. The number of aromatic nitrogens is 3. The molecule has 2 aromatic heterocycles. The molecule has 4 N–H and O–H groups in total. The van der Waals surface area contributed by atoms with Crippen molar-refractivity contribution in [3.05, 3.63) is 36.5 Å². The lowest BCUT2D eigenvalue weighted by Crippen LogP contribution is -2.43. The highest BCUT2D eigenvalue weighted by Crippen LogP contribution is 2.12. The summed E-state index contributed by atoms with van der Waals surface area (Å²) in [7, 11) is 0. The Morgan fingerprint density at radius 3 is 2.65 bits per heavy atom. The molecule has 1 aliphatic heterocycles. The van der Waals surface area contributed by atoms with Crippen molar-refractivity contribution >= 4 is 29.3 Å². The maximum atomic E-state index is 12.0. The standard InChI is InChI=1S/C17H21N7O2/c25-16-7-4-12(11-21-16)17(26)20-10-9-19-14-5-6-15(24-23-14)22-13-3-1-2-8-18-13/h1-3,5-6,8,12H,4,7,9-11H2,(H,19,23)(H,20,26)(H,21,25)(H,18,22,24)/t12-/m0/s1. The number of nitrogens with one attached hydrogen (secondary N) is 4. The third kappa shape index (κ3) is 5.13. The largest absolute Gasteiger partial charge is 0.367 e. The molecule has 0 bridgehead atoms. The zero-order chi connectivity index (χ0) is 18.2. The van der Waals surface area contributed by atoms with E-state index in [4.69, 9.17) is 0 Å². The molecule has 1 aliphatic rings. The molecule has 1 atom stereocenters. The van der Waals surface area contributed by atoms with Crippen molar-refractivity contribution in [2.75, 3.05) is 30.3 Å². The number of nitrogens with zero attached hydrogens (tertiary/aromatic N) is 3. The molecule has 0 aliphatic carbocycles. The number of hydrogen-bond donors (Lipinski definition) is 4. The van der Waals surface area contributed by atoms with Crippen LogP contribution in [0, 0.1) is 5.92 Å². The van der Waals surface area contributed by atoms with Gasteiger partial charge < -0.3 is 21.3 Å².